The Morgan fingerprint density at radius 1 is 1.40 bits per heavy atom. The number of hydrogen-bond acceptors (Lipinski definition) is 3. The fourth-order valence-corrected chi connectivity index (χ4v) is 2.32. The van der Waals surface area contributed by atoms with Crippen LogP contribution in [0.25, 0.3) is 0 Å². The molecule has 0 spiro atoms. The number of aromatic nitrogens is 2. The van der Waals surface area contributed by atoms with Crippen LogP contribution in [0.3, 0.4) is 0 Å². The molecule has 104 valence electrons. The first-order chi connectivity index (χ1) is 9.83. The molecule has 1 aliphatic rings. The highest BCUT2D eigenvalue weighted by molar-refractivity contribution is 5.92. The van der Waals surface area contributed by atoms with E-state index in [-0.39, 0.29) is 12.0 Å². The zero-order valence-electron chi connectivity index (χ0n) is 11.2. The number of nitrogens with zero attached hydrogens (tertiary/aromatic N) is 2. The third kappa shape index (κ3) is 2.88. The van der Waals surface area contributed by atoms with Crippen LogP contribution in [0.4, 0.5) is 5.95 Å². The molecule has 5 nitrogen and oxygen atoms in total. The lowest BCUT2D eigenvalue weighted by atomic mass is 10.2. The van der Waals surface area contributed by atoms with Crippen LogP contribution in [0, 0.1) is 0 Å². The summed E-state index contributed by atoms with van der Waals surface area (Å²) >= 11 is 0. The molecule has 2 aromatic rings. The average Bonchev–Trinajstić information content (AvgIpc) is 3.12. The Hall–Kier alpha value is -2.14. The Kier molecular flexibility index (Phi) is 3.78. The van der Waals surface area contributed by atoms with Crippen LogP contribution in [0.2, 0.25) is 0 Å². The minimum Gasteiger partial charge on any atom is -0.368 e. The van der Waals surface area contributed by atoms with Crippen molar-refractivity contribution in [2.75, 3.05) is 11.9 Å². The zero-order chi connectivity index (χ0) is 13.8. The molecule has 1 aliphatic heterocycles. The molecule has 1 N–H and O–H groups in total. The summed E-state index contributed by atoms with van der Waals surface area (Å²) in [5, 5.41) is 2.84. The van der Waals surface area contributed by atoms with Gasteiger partial charge in [-0.1, -0.05) is 30.3 Å². The molecule has 20 heavy (non-hydrogen) atoms. The number of ether oxygens (including phenoxy) is 1. The molecule has 1 unspecified atom stereocenters. The minimum absolute atomic E-state index is 0.108. The topological polar surface area (TPSA) is 56.2 Å². The molecule has 1 atom stereocenters. The molecule has 0 radical (unpaired) electrons. The monoisotopic (exact) mass is 271 g/mol. The first kappa shape index (κ1) is 12.9. The number of carbonyl (C=O) groups excluding carboxylic acids is 1. The summed E-state index contributed by atoms with van der Waals surface area (Å²) in [6, 6.07) is 10.1. The Labute approximate surface area is 117 Å². The van der Waals surface area contributed by atoms with Crippen LogP contribution >= 0.6 is 0 Å². The van der Waals surface area contributed by atoms with Crippen LogP contribution in [0.1, 0.15) is 18.4 Å². The van der Waals surface area contributed by atoms with Crippen molar-refractivity contribution >= 4 is 11.9 Å². The molecule has 2 heterocycles. The van der Waals surface area contributed by atoms with Crippen LogP contribution < -0.4 is 5.32 Å². The Bertz CT molecular complexity index is 574. The van der Waals surface area contributed by atoms with Crippen LogP contribution in [0.5, 0.6) is 0 Å². The maximum atomic E-state index is 12.0. The Morgan fingerprint density at radius 2 is 2.25 bits per heavy atom. The predicted molar refractivity (Wildman–Crippen MR) is 75.4 cm³/mol. The summed E-state index contributed by atoms with van der Waals surface area (Å²) in [5.41, 5.74) is 1.16. The first-order valence-corrected chi connectivity index (χ1v) is 6.80. The fourth-order valence-electron chi connectivity index (χ4n) is 2.32. The summed E-state index contributed by atoms with van der Waals surface area (Å²) in [6.45, 7) is 1.35. The summed E-state index contributed by atoms with van der Waals surface area (Å²) in [5.74, 6) is 0.456. The zero-order valence-corrected chi connectivity index (χ0v) is 11.2. The molecular weight excluding hydrogens is 254 g/mol. The molecule has 1 fully saturated rings. The molecule has 1 saturated heterocycles. The SMILES string of the molecule is O=C(Nc1nccn1Cc1ccccc1)C1CCCO1. The van der Waals surface area contributed by atoms with Gasteiger partial charge in [0.25, 0.3) is 5.91 Å². The van der Waals surface area contributed by atoms with Gasteiger partial charge in [-0.15, -0.1) is 0 Å². The molecule has 0 saturated carbocycles. The van der Waals surface area contributed by atoms with Crippen molar-refractivity contribution < 1.29 is 9.53 Å². The van der Waals surface area contributed by atoms with E-state index in [0.717, 1.165) is 18.4 Å². The largest absolute Gasteiger partial charge is 0.368 e. The third-order valence-corrected chi connectivity index (χ3v) is 3.37. The second kappa shape index (κ2) is 5.88. The van der Waals surface area contributed by atoms with Gasteiger partial charge >= 0.3 is 0 Å². The second-order valence-electron chi connectivity index (χ2n) is 4.86. The number of amides is 1. The van der Waals surface area contributed by atoms with Gasteiger partial charge in [0, 0.05) is 19.0 Å². The van der Waals surface area contributed by atoms with Crippen LogP contribution in [-0.4, -0.2) is 28.2 Å². The van der Waals surface area contributed by atoms with E-state index in [1.807, 2.05) is 41.1 Å². The minimum atomic E-state index is -0.336. The van der Waals surface area contributed by atoms with Crippen molar-refractivity contribution in [2.45, 2.75) is 25.5 Å². The van der Waals surface area contributed by atoms with E-state index in [1.165, 1.54) is 0 Å². The lowest BCUT2D eigenvalue weighted by Crippen LogP contribution is -2.28. The number of hydrogen-bond donors (Lipinski definition) is 1. The number of rotatable bonds is 4. The Balaban J connectivity index is 1.68. The second-order valence-corrected chi connectivity index (χ2v) is 4.86. The highest BCUT2D eigenvalue weighted by atomic mass is 16.5. The third-order valence-electron chi connectivity index (χ3n) is 3.37. The standard InChI is InChI=1S/C15H17N3O2/c19-14(13-7-4-10-20-13)17-15-16-8-9-18(15)11-12-5-2-1-3-6-12/h1-3,5-6,8-9,13H,4,7,10-11H2,(H,16,17,19). The van der Waals surface area contributed by atoms with Gasteiger partial charge in [0.1, 0.15) is 6.10 Å². The van der Waals surface area contributed by atoms with E-state index < -0.39 is 0 Å². The molecule has 0 aliphatic carbocycles. The summed E-state index contributed by atoms with van der Waals surface area (Å²) in [7, 11) is 0. The average molecular weight is 271 g/mol. The lowest BCUT2D eigenvalue weighted by molar-refractivity contribution is -0.124. The maximum absolute atomic E-state index is 12.0. The van der Waals surface area contributed by atoms with Gasteiger partial charge in [-0.3, -0.25) is 10.1 Å². The van der Waals surface area contributed by atoms with Gasteiger partial charge in [-0.2, -0.15) is 0 Å². The van der Waals surface area contributed by atoms with Gasteiger partial charge in [-0.05, 0) is 18.4 Å². The summed E-state index contributed by atoms with van der Waals surface area (Å²) in [4.78, 5) is 16.2. The van der Waals surface area contributed by atoms with Gasteiger partial charge < -0.3 is 9.30 Å². The summed E-state index contributed by atoms with van der Waals surface area (Å²) < 4.78 is 7.29. The van der Waals surface area contributed by atoms with E-state index in [4.69, 9.17) is 4.74 Å². The van der Waals surface area contributed by atoms with Crippen molar-refractivity contribution in [1.82, 2.24) is 9.55 Å². The van der Waals surface area contributed by atoms with Gasteiger partial charge in [0.2, 0.25) is 5.95 Å². The molecule has 3 rings (SSSR count). The smallest absolute Gasteiger partial charge is 0.255 e. The normalized spacial score (nSPS) is 18.1. The van der Waals surface area contributed by atoms with Gasteiger partial charge in [0.05, 0.1) is 6.54 Å². The first-order valence-electron chi connectivity index (χ1n) is 6.80. The van der Waals surface area contributed by atoms with Crippen molar-refractivity contribution in [3.8, 4) is 0 Å². The Morgan fingerprint density at radius 3 is 3.00 bits per heavy atom. The quantitative estimate of drug-likeness (QED) is 0.926. The fraction of sp³-hybridized carbons (Fsp3) is 0.333. The van der Waals surface area contributed by atoms with E-state index in [1.54, 1.807) is 6.20 Å². The molecule has 1 amide bonds. The van der Waals surface area contributed by atoms with Crippen molar-refractivity contribution in [3.05, 3.63) is 48.3 Å². The van der Waals surface area contributed by atoms with E-state index in [0.29, 0.717) is 19.1 Å². The number of imidazole rings is 1. The molecule has 1 aromatic heterocycles. The van der Waals surface area contributed by atoms with Crippen molar-refractivity contribution in [2.24, 2.45) is 0 Å². The van der Waals surface area contributed by atoms with Crippen LogP contribution in [-0.2, 0) is 16.1 Å². The number of anilines is 1. The van der Waals surface area contributed by atoms with Crippen LogP contribution in [0.15, 0.2) is 42.7 Å². The van der Waals surface area contributed by atoms with E-state index in [2.05, 4.69) is 10.3 Å². The highest BCUT2D eigenvalue weighted by Gasteiger charge is 2.24. The molecule has 0 bridgehead atoms. The van der Waals surface area contributed by atoms with E-state index >= 15 is 0 Å². The highest BCUT2D eigenvalue weighted by Crippen LogP contribution is 2.15. The lowest BCUT2D eigenvalue weighted by Gasteiger charge is -2.12. The maximum Gasteiger partial charge on any atom is 0.255 e. The molecule has 1 aromatic carbocycles. The number of carbonyl (C=O) groups is 1. The van der Waals surface area contributed by atoms with E-state index in [9.17, 15) is 4.79 Å². The molecular formula is C15H17N3O2. The van der Waals surface area contributed by atoms with Gasteiger partial charge in [-0.25, -0.2) is 4.98 Å². The van der Waals surface area contributed by atoms with Crippen molar-refractivity contribution in [1.29, 1.82) is 0 Å². The predicted octanol–water partition coefficient (Wildman–Crippen LogP) is 2.05. The van der Waals surface area contributed by atoms with Gasteiger partial charge in [0.15, 0.2) is 0 Å². The number of nitrogens with one attached hydrogen (secondary N) is 1. The number of benzene rings is 1. The molecule has 5 heteroatoms. The van der Waals surface area contributed by atoms with Crippen molar-refractivity contribution in [3.63, 3.8) is 0 Å². The summed E-state index contributed by atoms with van der Waals surface area (Å²) in [6.07, 6.45) is 4.94.